The topological polar surface area (TPSA) is 96.2 Å². The third kappa shape index (κ3) is 5.01. The molecular formula is C27H30FN3O4. The van der Waals surface area contributed by atoms with Crippen molar-refractivity contribution < 1.29 is 23.5 Å². The Kier molecular flexibility index (Phi) is 7.10. The Labute approximate surface area is 203 Å². The van der Waals surface area contributed by atoms with Crippen molar-refractivity contribution in [2.45, 2.75) is 46.6 Å². The zero-order valence-corrected chi connectivity index (χ0v) is 20.4. The molecule has 0 bridgehead atoms. The summed E-state index contributed by atoms with van der Waals surface area (Å²) in [6.07, 6.45) is 0.380. The summed E-state index contributed by atoms with van der Waals surface area (Å²) < 4.78 is 25.1. The molecule has 0 radical (unpaired) electrons. The predicted octanol–water partition coefficient (Wildman–Crippen LogP) is 5.10. The molecular weight excluding hydrogens is 449 g/mol. The van der Waals surface area contributed by atoms with E-state index in [4.69, 9.17) is 9.47 Å². The average Bonchev–Trinajstić information content (AvgIpc) is 3.41. The number of carbonyl (C=O) groups excluding carboxylic acids is 2. The van der Waals surface area contributed by atoms with Crippen LogP contribution in [0.25, 0.3) is 21.8 Å². The minimum Gasteiger partial charge on any atom is -0.479 e. The minimum absolute atomic E-state index is 0.234. The van der Waals surface area contributed by atoms with E-state index in [0.29, 0.717) is 43.0 Å². The van der Waals surface area contributed by atoms with Crippen LogP contribution in [0, 0.1) is 19.7 Å². The van der Waals surface area contributed by atoms with Gasteiger partial charge < -0.3 is 24.8 Å². The number of aromatic nitrogens is 2. The van der Waals surface area contributed by atoms with E-state index in [2.05, 4.69) is 15.3 Å². The van der Waals surface area contributed by atoms with E-state index in [0.717, 1.165) is 33.1 Å². The monoisotopic (exact) mass is 479 g/mol. The first-order chi connectivity index (χ1) is 16.8. The maximum Gasteiger partial charge on any atom is 0.347 e. The first-order valence-corrected chi connectivity index (χ1v) is 11.8. The van der Waals surface area contributed by atoms with Crippen LogP contribution in [0.15, 0.2) is 36.4 Å². The zero-order chi connectivity index (χ0) is 25.1. The number of ether oxygens (including phenoxy) is 2. The Hall–Kier alpha value is -3.81. The third-order valence-electron chi connectivity index (χ3n) is 6.13. The highest BCUT2D eigenvalue weighted by atomic mass is 19.1. The molecule has 0 spiro atoms. The molecule has 2 aromatic heterocycles. The summed E-state index contributed by atoms with van der Waals surface area (Å²) in [5.74, 6) is -0.381. The molecule has 1 atom stereocenters. The molecule has 0 aliphatic carbocycles. The second kappa shape index (κ2) is 10.2. The summed E-state index contributed by atoms with van der Waals surface area (Å²) in [7, 11) is 0. The second-order valence-electron chi connectivity index (χ2n) is 8.55. The number of hydrogen-bond donors (Lipinski definition) is 3. The molecule has 3 N–H and O–H groups in total. The van der Waals surface area contributed by atoms with Gasteiger partial charge in [-0.25, -0.2) is 9.18 Å². The van der Waals surface area contributed by atoms with E-state index in [-0.39, 0.29) is 11.7 Å². The second-order valence-corrected chi connectivity index (χ2v) is 8.55. The van der Waals surface area contributed by atoms with Crippen LogP contribution in [0.1, 0.15) is 47.6 Å². The van der Waals surface area contributed by atoms with Gasteiger partial charge in [-0.05, 0) is 75.1 Å². The molecule has 184 valence electrons. The minimum atomic E-state index is -0.681. The van der Waals surface area contributed by atoms with Crippen LogP contribution in [-0.2, 0) is 16.0 Å². The molecule has 0 saturated heterocycles. The van der Waals surface area contributed by atoms with Gasteiger partial charge in [0.1, 0.15) is 17.3 Å². The van der Waals surface area contributed by atoms with E-state index in [1.54, 1.807) is 31.2 Å². The van der Waals surface area contributed by atoms with Gasteiger partial charge in [-0.15, -0.1) is 0 Å². The standard InChI is InChI=1S/C27H30FN3O4/c1-5-23(27(33)34-6-2)35-18-8-10-21-17(13-18)14-22(31-21)26(32)29-12-11-19-16(4)30-25-20(28)9-7-15(3)24(19)25/h7-10,13-14,23,30-31H,5-6,11-12H2,1-4H3,(H,29,32). The van der Waals surface area contributed by atoms with Crippen molar-refractivity contribution >= 4 is 33.7 Å². The van der Waals surface area contributed by atoms with Gasteiger partial charge in [0.25, 0.3) is 5.91 Å². The Morgan fingerprint density at radius 2 is 1.89 bits per heavy atom. The highest BCUT2D eigenvalue weighted by molar-refractivity contribution is 5.98. The molecule has 0 saturated carbocycles. The van der Waals surface area contributed by atoms with Crippen LogP contribution in [0.3, 0.4) is 0 Å². The van der Waals surface area contributed by atoms with E-state index >= 15 is 0 Å². The van der Waals surface area contributed by atoms with Gasteiger partial charge in [0.05, 0.1) is 12.1 Å². The number of hydrogen-bond acceptors (Lipinski definition) is 4. The summed E-state index contributed by atoms with van der Waals surface area (Å²) in [5, 5.41) is 4.61. The third-order valence-corrected chi connectivity index (χ3v) is 6.13. The number of amides is 1. The molecule has 2 heterocycles. The van der Waals surface area contributed by atoms with Crippen LogP contribution in [-0.4, -0.2) is 41.1 Å². The lowest BCUT2D eigenvalue weighted by atomic mass is 10.0. The molecule has 2 aromatic carbocycles. The molecule has 4 rings (SSSR count). The van der Waals surface area contributed by atoms with Gasteiger partial charge >= 0.3 is 5.97 Å². The molecule has 1 unspecified atom stereocenters. The van der Waals surface area contributed by atoms with E-state index < -0.39 is 12.1 Å². The van der Waals surface area contributed by atoms with Gasteiger partial charge in [-0.2, -0.15) is 0 Å². The molecule has 35 heavy (non-hydrogen) atoms. The van der Waals surface area contributed by atoms with Crippen LogP contribution >= 0.6 is 0 Å². The fourth-order valence-corrected chi connectivity index (χ4v) is 4.36. The van der Waals surface area contributed by atoms with Crippen molar-refractivity contribution in [1.29, 1.82) is 0 Å². The molecule has 0 aliphatic rings. The summed E-state index contributed by atoms with van der Waals surface area (Å²) in [6.45, 7) is 8.18. The van der Waals surface area contributed by atoms with Gasteiger partial charge in [0, 0.05) is 28.5 Å². The summed E-state index contributed by atoms with van der Waals surface area (Å²) in [5.41, 5.74) is 4.61. The largest absolute Gasteiger partial charge is 0.479 e. The summed E-state index contributed by atoms with van der Waals surface area (Å²) in [4.78, 5) is 31.0. The number of fused-ring (bicyclic) bond motifs is 2. The number of aromatic amines is 2. The van der Waals surface area contributed by atoms with Crippen LogP contribution < -0.4 is 10.1 Å². The number of benzene rings is 2. The van der Waals surface area contributed by atoms with Crippen molar-refractivity contribution in [3.63, 3.8) is 0 Å². The molecule has 7 nitrogen and oxygen atoms in total. The number of aryl methyl sites for hydroxylation is 2. The number of carbonyl (C=O) groups is 2. The molecule has 8 heteroatoms. The normalized spacial score (nSPS) is 12.1. The van der Waals surface area contributed by atoms with Gasteiger partial charge in [0.15, 0.2) is 6.10 Å². The zero-order valence-electron chi connectivity index (χ0n) is 20.4. The average molecular weight is 480 g/mol. The summed E-state index contributed by atoms with van der Waals surface area (Å²) in [6, 6.07) is 10.3. The lowest BCUT2D eigenvalue weighted by Crippen LogP contribution is -2.28. The molecule has 4 aromatic rings. The SMILES string of the molecule is CCOC(=O)C(CC)Oc1ccc2[nH]c(C(=O)NCCc3c(C)[nH]c4c(F)ccc(C)c34)cc2c1. The fourth-order valence-electron chi connectivity index (χ4n) is 4.36. The van der Waals surface area contributed by atoms with Crippen LogP contribution in [0.2, 0.25) is 0 Å². The van der Waals surface area contributed by atoms with Crippen molar-refractivity contribution in [2.75, 3.05) is 13.2 Å². The number of H-pyrrole nitrogens is 2. The number of halogens is 1. The smallest absolute Gasteiger partial charge is 0.347 e. The maximum atomic E-state index is 14.2. The Morgan fingerprint density at radius 1 is 1.09 bits per heavy atom. The highest BCUT2D eigenvalue weighted by Crippen LogP contribution is 2.28. The Bertz CT molecular complexity index is 1390. The van der Waals surface area contributed by atoms with Crippen molar-refractivity contribution in [2.24, 2.45) is 0 Å². The number of rotatable bonds is 9. The van der Waals surface area contributed by atoms with E-state index in [1.165, 1.54) is 6.07 Å². The Balaban J connectivity index is 1.43. The fraction of sp³-hybridized carbons (Fsp3) is 0.333. The van der Waals surface area contributed by atoms with Gasteiger partial charge in [-0.3, -0.25) is 4.79 Å². The van der Waals surface area contributed by atoms with Crippen molar-refractivity contribution in [3.05, 3.63) is 64.7 Å². The van der Waals surface area contributed by atoms with E-state index in [9.17, 15) is 14.0 Å². The number of esters is 1. The van der Waals surface area contributed by atoms with Crippen molar-refractivity contribution in [1.82, 2.24) is 15.3 Å². The molecule has 1 amide bonds. The summed E-state index contributed by atoms with van der Waals surface area (Å²) >= 11 is 0. The van der Waals surface area contributed by atoms with Crippen molar-refractivity contribution in [3.8, 4) is 5.75 Å². The lowest BCUT2D eigenvalue weighted by molar-refractivity contribution is -0.151. The van der Waals surface area contributed by atoms with Gasteiger partial charge in [0.2, 0.25) is 0 Å². The van der Waals surface area contributed by atoms with Crippen LogP contribution in [0.5, 0.6) is 5.75 Å². The first kappa shape index (κ1) is 24.3. The molecule has 0 fully saturated rings. The molecule has 0 aliphatic heterocycles. The predicted molar refractivity (Wildman–Crippen MR) is 133 cm³/mol. The maximum absolute atomic E-state index is 14.2. The Morgan fingerprint density at radius 3 is 2.63 bits per heavy atom. The highest BCUT2D eigenvalue weighted by Gasteiger charge is 2.20. The van der Waals surface area contributed by atoms with Gasteiger partial charge in [-0.1, -0.05) is 13.0 Å². The first-order valence-electron chi connectivity index (χ1n) is 11.8. The van der Waals surface area contributed by atoms with Crippen LogP contribution in [0.4, 0.5) is 4.39 Å². The number of nitrogens with one attached hydrogen (secondary N) is 3. The quantitative estimate of drug-likeness (QED) is 0.291. The van der Waals surface area contributed by atoms with E-state index in [1.807, 2.05) is 26.8 Å². The lowest BCUT2D eigenvalue weighted by Gasteiger charge is -2.15.